The number of nitriles is 1. The molecule has 3 rings (SSSR count). The Labute approximate surface area is 156 Å². The monoisotopic (exact) mass is 382 g/mol. The Kier molecular flexibility index (Phi) is 5.26. The molecule has 0 atom stereocenters. The van der Waals surface area contributed by atoms with E-state index in [1.54, 1.807) is 29.7 Å². The maximum absolute atomic E-state index is 12.2. The Balaban J connectivity index is 1.97. The van der Waals surface area contributed by atoms with Crippen molar-refractivity contribution in [3.8, 4) is 6.07 Å². The molecule has 0 aromatic heterocycles. The summed E-state index contributed by atoms with van der Waals surface area (Å²) in [6.07, 6.45) is 1.73. The van der Waals surface area contributed by atoms with E-state index in [1.807, 2.05) is 31.2 Å². The molecule has 7 heteroatoms. The van der Waals surface area contributed by atoms with Gasteiger partial charge in [0.15, 0.2) is 0 Å². The van der Waals surface area contributed by atoms with E-state index >= 15 is 0 Å². The maximum Gasteiger partial charge on any atom is 0.358 e. The fraction of sp³-hybridized carbons (Fsp3) is 0.0526. The van der Waals surface area contributed by atoms with Crippen LogP contribution in [0.5, 0.6) is 0 Å². The molecule has 5 nitrogen and oxygen atoms in total. The molecular formula is C19H14N2O3S2. The van der Waals surface area contributed by atoms with E-state index in [1.165, 1.54) is 23.9 Å². The molecule has 0 amide bonds. The van der Waals surface area contributed by atoms with Gasteiger partial charge >= 0.3 is 10.1 Å². The predicted molar refractivity (Wildman–Crippen MR) is 103 cm³/mol. The number of hydrogen-bond donors (Lipinski definition) is 0. The van der Waals surface area contributed by atoms with Gasteiger partial charge in [-0.1, -0.05) is 59.4 Å². The van der Waals surface area contributed by atoms with Crippen LogP contribution in [0.1, 0.15) is 11.1 Å². The lowest BCUT2D eigenvalue weighted by Crippen LogP contribution is -2.05. The normalized spacial score (nSPS) is 17.2. The molecule has 0 unspecified atom stereocenters. The first-order chi connectivity index (χ1) is 12.5. The van der Waals surface area contributed by atoms with Gasteiger partial charge in [0, 0.05) is 5.57 Å². The molecule has 1 heterocycles. The van der Waals surface area contributed by atoms with E-state index in [-0.39, 0.29) is 4.90 Å². The highest BCUT2D eigenvalue weighted by Crippen LogP contribution is 2.32. The van der Waals surface area contributed by atoms with Crippen LogP contribution in [-0.2, 0) is 14.4 Å². The van der Waals surface area contributed by atoms with Crippen LogP contribution in [0.15, 0.2) is 81.7 Å². The van der Waals surface area contributed by atoms with Gasteiger partial charge in [-0.05, 0) is 41.7 Å². The average Bonchev–Trinajstić information content (AvgIpc) is 3.11. The van der Waals surface area contributed by atoms with Gasteiger partial charge in [-0.3, -0.25) is 4.28 Å². The van der Waals surface area contributed by atoms with E-state index < -0.39 is 10.1 Å². The summed E-state index contributed by atoms with van der Waals surface area (Å²) >= 11 is 1.20. The summed E-state index contributed by atoms with van der Waals surface area (Å²) < 4.78 is 29.3. The van der Waals surface area contributed by atoms with Crippen molar-refractivity contribution in [3.05, 3.63) is 82.8 Å². The van der Waals surface area contributed by atoms with Crippen LogP contribution in [0.2, 0.25) is 0 Å². The van der Waals surface area contributed by atoms with Crippen LogP contribution >= 0.6 is 11.8 Å². The molecule has 26 heavy (non-hydrogen) atoms. The second-order valence-electron chi connectivity index (χ2n) is 5.37. The molecule has 130 valence electrons. The Bertz CT molecular complexity index is 1060. The molecule has 1 aliphatic heterocycles. The molecule has 2 aromatic carbocycles. The molecule has 0 spiro atoms. The van der Waals surface area contributed by atoms with E-state index in [9.17, 15) is 13.7 Å². The first-order valence-electron chi connectivity index (χ1n) is 7.63. The molecular weight excluding hydrogens is 368 g/mol. The van der Waals surface area contributed by atoms with Gasteiger partial charge in [0.1, 0.15) is 16.0 Å². The molecule has 0 saturated heterocycles. The minimum atomic E-state index is -4.01. The molecule has 0 saturated carbocycles. The van der Waals surface area contributed by atoms with Crippen LogP contribution < -0.4 is 0 Å². The third kappa shape index (κ3) is 3.72. The molecule has 0 N–H and O–H groups in total. The first-order valence-corrected chi connectivity index (χ1v) is 9.92. The standard InChI is InChI=1S/C19H14N2O3S2/c1-14-7-5-6-10-16(14)18(13-20)17-11-12-25-19(17)21-24-26(22,23)15-8-3-2-4-9-15/h2-12H,1H3. The Morgan fingerprint density at radius 2 is 1.81 bits per heavy atom. The molecule has 0 bridgehead atoms. The van der Waals surface area contributed by atoms with Crippen molar-refractivity contribution in [1.29, 1.82) is 5.26 Å². The smallest absolute Gasteiger partial charge is 0.264 e. The summed E-state index contributed by atoms with van der Waals surface area (Å²) in [5, 5.41) is 15.5. The molecule has 0 fully saturated rings. The highest BCUT2D eigenvalue weighted by Gasteiger charge is 2.21. The summed E-state index contributed by atoms with van der Waals surface area (Å²) in [6, 6.07) is 17.5. The van der Waals surface area contributed by atoms with Gasteiger partial charge in [0.05, 0.1) is 5.57 Å². The predicted octanol–water partition coefficient (Wildman–Crippen LogP) is 4.25. The lowest BCUT2D eigenvalue weighted by Gasteiger charge is -2.07. The van der Waals surface area contributed by atoms with E-state index in [4.69, 9.17) is 4.28 Å². The molecule has 0 aliphatic carbocycles. The minimum Gasteiger partial charge on any atom is -0.264 e. The maximum atomic E-state index is 12.2. The fourth-order valence-corrected chi connectivity index (χ4v) is 3.90. The number of rotatable bonds is 4. The van der Waals surface area contributed by atoms with Gasteiger partial charge in [0.25, 0.3) is 0 Å². The summed E-state index contributed by atoms with van der Waals surface area (Å²) in [6.45, 7) is 1.91. The number of benzene rings is 2. The van der Waals surface area contributed by atoms with Gasteiger partial charge in [0.2, 0.25) is 0 Å². The van der Waals surface area contributed by atoms with Crippen LogP contribution in [0, 0.1) is 18.3 Å². The third-order valence-corrected chi connectivity index (χ3v) is 5.60. The highest BCUT2D eigenvalue weighted by molar-refractivity contribution is 8.17. The van der Waals surface area contributed by atoms with Gasteiger partial charge in [-0.15, -0.1) is 0 Å². The van der Waals surface area contributed by atoms with Crippen LogP contribution in [0.25, 0.3) is 5.57 Å². The number of thioether (sulfide) groups is 1. The van der Waals surface area contributed by atoms with Crippen LogP contribution in [0.4, 0.5) is 0 Å². The minimum absolute atomic E-state index is 0.0187. The van der Waals surface area contributed by atoms with E-state index in [0.717, 1.165) is 11.1 Å². The molecule has 2 aromatic rings. The fourth-order valence-electron chi connectivity index (χ4n) is 2.39. The van der Waals surface area contributed by atoms with Crippen molar-refractivity contribution >= 4 is 32.5 Å². The van der Waals surface area contributed by atoms with Crippen molar-refractivity contribution in [2.45, 2.75) is 11.8 Å². The first kappa shape index (κ1) is 18.0. The zero-order valence-corrected chi connectivity index (χ0v) is 15.4. The van der Waals surface area contributed by atoms with Crippen molar-refractivity contribution in [2.24, 2.45) is 5.16 Å². The Morgan fingerprint density at radius 3 is 2.50 bits per heavy atom. The number of hydrogen-bond acceptors (Lipinski definition) is 6. The van der Waals surface area contributed by atoms with Crippen molar-refractivity contribution in [1.82, 2.24) is 0 Å². The quantitative estimate of drug-likeness (QED) is 0.583. The van der Waals surface area contributed by atoms with E-state index in [0.29, 0.717) is 16.2 Å². The topological polar surface area (TPSA) is 79.5 Å². The molecule has 0 radical (unpaired) electrons. The Hall–Kier alpha value is -2.82. The van der Waals surface area contributed by atoms with Gasteiger partial charge in [-0.2, -0.15) is 13.7 Å². The zero-order valence-electron chi connectivity index (χ0n) is 13.8. The zero-order chi connectivity index (χ0) is 18.6. The Morgan fingerprint density at radius 1 is 1.12 bits per heavy atom. The van der Waals surface area contributed by atoms with E-state index in [2.05, 4.69) is 11.2 Å². The lowest BCUT2D eigenvalue weighted by molar-refractivity contribution is 0.340. The number of aryl methyl sites for hydroxylation is 1. The van der Waals surface area contributed by atoms with Crippen molar-refractivity contribution < 1.29 is 12.7 Å². The second kappa shape index (κ2) is 7.60. The number of allylic oxidation sites excluding steroid dienone is 2. The van der Waals surface area contributed by atoms with Crippen LogP contribution in [0.3, 0.4) is 0 Å². The highest BCUT2D eigenvalue weighted by atomic mass is 32.2. The SMILES string of the molecule is Cc1ccccc1C(C#N)=C1C=CSC1=NOS(=O)(=O)c1ccccc1. The summed E-state index contributed by atoms with van der Waals surface area (Å²) in [4.78, 5) is 0.0187. The van der Waals surface area contributed by atoms with Gasteiger partial charge < -0.3 is 0 Å². The van der Waals surface area contributed by atoms with Crippen molar-refractivity contribution in [2.75, 3.05) is 0 Å². The van der Waals surface area contributed by atoms with Gasteiger partial charge in [-0.25, -0.2) is 0 Å². The average molecular weight is 382 g/mol. The third-order valence-electron chi connectivity index (χ3n) is 3.69. The second-order valence-corrected chi connectivity index (χ2v) is 7.80. The summed E-state index contributed by atoms with van der Waals surface area (Å²) in [5.74, 6) is 0. The lowest BCUT2D eigenvalue weighted by atomic mass is 9.97. The van der Waals surface area contributed by atoms with Crippen molar-refractivity contribution in [3.63, 3.8) is 0 Å². The van der Waals surface area contributed by atoms with Crippen LogP contribution in [-0.4, -0.2) is 13.5 Å². The summed E-state index contributed by atoms with van der Waals surface area (Å²) in [5.41, 5.74) is 2.67. The largest absolute Gasteiger partial charge is 0.358 e. The molecule has 1 aliphatic rings. The number of nitrogens with zero attached hydrogens (tertiary/aromatic N) is 2. The number of oxime groups is 1. The summed E-state index contributed by atoms with van der Waals surface area (Å²) in [7, 11) is -4.01.